The fourth-order valence-electron chi connectivity index (χ4n) is 2.27. The number of carbonyl (C=O) groups is 1. The van der Waals surface area contributed by atoms with E-state index in [0.29, 0.717) is 11.0 Å². The molecule has 134 valence electrons. The van der Waals surface area contributed by atoms with Crippen molar-refractivity contribution in [1.82, 2.24) is 24.6 Å². The molecule has 0 saturated carbocycles. The van der Waals surface area contributed by atoms with Gasteiger partial charge in [0.1, 0.15) is 5.75 Å². The fourth-order valence-corrected chi connectivity index (χ4v) is 3.20. The van der Waals surface area contributed by atoms with Gasteiger partial charge in [0.2, 0.25) is 5.91 Å². The van der Waals surface area contributed by atoms with E-state index in [2.05, 4.69) is 15.2 Å². The van der Waals surface area contributed by atoms with Gasteiger partial charge in [-0.2, -0.15) is 0 Å². The molecular weight excluding hydrogens is 350 g/mol. The first-order chi connectivity index (χ1) is 12.6. The number of amides is 1. The van der Waals surface area contributed by atoms with Crippen molar-refractivity contribution >= 4 is 17.7 Å². The first kappa shape index (κ1) is 17.9. The molecule has 2 heterocycles. The average molecular weight is 369 g/mol. The van der Waals surface area contributed by atoms with Crippen LogP contribution in [0.1, 0.15) is 0 Å². The zero-order valence-corrected chi connectivity index (χ0v) is 15.6. The molecule has 3 rings (SSSR count). The Balaban J connectivity index is 2.01. The molecule has 1 amide bonds. The van der Waals surface area contributed by atoms with Gasteiger partial charge in [0.15, 0.2) is 11.0 Å². The Kier molecular flexibility index (Phi) is 5.52. The molecule has 3 aromatic rings. The smallest absolute Gasteiger partial charge is 0.232 e. The molecule has 2 aromatic heterocycles. The zero-order valence-electron chi connectivity index (χ0n) is 14.8. The predicted octanol–water partition coefficient (Wildman–Crippen LogP) is 2.52. The number of carbonyl (C=O) groups excluding carboxylic acids is 1. The lowest BCUT2D eigenvalue weighted by Crippen LogP contribution is -2.23. The number of hydrogen-bond acceptors (Lipinski definition) is 6. The molecule has 0 fully saturated rings. The lowest BCUT2D eigenvalue weighted by Gasteiger charge is -2.12. The van der Waals surface area contributed by atoms with Crippen LogP contribution in [-0.4, -0.2) is 57.5 Å². The minimum Gasteiger partial charge on any atom is -0.497 e. The van der Waals surface area contributed by atoms with Gasteiger partial charge in [0.25, 0.3) is 0 Å². The van der Waals surface area contributed by atoms with Crippen molar-refractivity contribution < 1.29 is 9.53 Å². The summed E-state index contributed by atoms with van der Waals surface area (Å²) in [6.45, 7) is 0. The first-order valence-electron chi connectivity index (χ1n) is 7.93. The Hall–Kier alpha value is -2.87. The van der Waals surface area contributed by atoms with Crippen LogP contribution in [0.15, 0.2) is 53.9 Å². The highest BCUT2D eigenvalue weighted by Gasteiger charge is 2.17. The van der Waals surface area contributed by atoms with E-state index in [9.17, 15) is 4.79 Å². The van der Waals surface area contributed by atoms with Crippen LogP contribution in [0.5, 0.6) is 5.75 Å². The lowest BCUT2D eigenvalue weighted by atomic mass is 10.2. The Morgan fingerprint density at radius 2 is 1.81 bits per heavy atom. The molecule has 0 aliphatic carbocycles. The zero-order chi connectivity index (χ0) is 18.5. The Labute approximate surface area is 156 Å². The van der Waals surface area contributed by atoms with Crippen molar-refractivity contribution in [3.05, 3.63) is 48.8 Å². The highest BCUT2D eigenvalue weighted by atomic mass is 32.2. The molecular formula is C18H19N5O2S. The van der Waals surface area contributed by atoms with E-state index in [1.165, 1.54) is 11.8 Å². The number of thioether (sulfide) groups is 1. The standard InChI is InChI=1S/C18H19N5O2S/c1-22(2)16(24)12-26-18-21-20-17(13-8-10-19-11-9-13)23(18)14-4-6-15(25-3)7-5-14/h4-11H,12H2,1-3H3. The molecule has 0 N–H and O–H groups in total. The maximum Gasteiger partial charge on any atom is 0.232 e. The number of ether oxygens (including phenoxy) is 1. The van der Waals surface area contributed by atoms with E-state index in [4.69, 9.17) is 4.74 Å². The van der Waals surface area contributed by atoms with Gasteiger partial charge in [-0.1, -0.05) is 11.8 Å². The quantitative estimate of drug-likeness (QED) is 0.622. The Morgan fingerprint density at radius 3 is 2.42 bits per heavy atom. The van der Waals surface area contributed by atoms with Crippen molar-refractivity contribution in [2.24, 2.45) is 0 Å². The molecule has 0 spiro atoms. The van der Waals surface area contributed by atoms with E-state index < -0.39 is 0 Å². The molecule has 0 saturated heterocycles. The van der Waals surface area contributed by atoms with Crippen LogP contribution < -0.4 is 4.74 Å². The summed E-state index contributed by atoms with van der Waals surface area (Å²) < 4.78 is 7.17. The minimum atomic E-state index is 0.0183. The number of rotatable bonds is 6. The minimum absolute atomic E-state index is 0.0183. The van der Waals surface area contributed by atoms with Crippen molar-refractivity contribution in [3.63, 3.8) is 0 Å². The average Bonchev–Trinajstić information content (AvgIpc) is 3.10. The largest absolute Gasteiger partial charge is 0.497 e. The summed E-state index contributed by atoms with van der Waals surface area (Å²) in [7, 11) is 5.10. The third kappa shape index (κ3) is 3.85. The number of methoxy groups -OCH3 is 1. The summed E-state index contributed by atoms with van der Waals surface area (Å²) in [6.07, 6.45) is 3.43. The Bertz CT molecular complexity index is 878. The van der Waals surface area contributed by atoms with Gasteiger partial charge in [-0.25, -0.2) is 0 Å². The molecule has 0 unspecified atom stereocenters. The fraction of sp³-hybridized carbons (Fsp3) is 0.222. The summed E-state index contributed by atoms with van der Waals surface area (Å²) in [5, 5.41) is 9.28. The second-order valence-electron chi connectivity index (χ2n) is 5.65. The highest BCUT2D eigenvalue weighted by Crippen LogP contribution is 2.28. The van der Waals surface area contributed by atoms with Gasteiger partial charge in [-0.05, 0) is 36.4 Å². The van der Waals surface area contributed by atoms with Gasteiger partial charge in [0.05, 0.1) is 12.9 Å². The van der Waals surface area contributed by atoms with Gasteiger partial charge in [-0.15, -0.1) is 10.2 Å². The predicted molar refractivity (Wildman–Crippen MR) is 101 cm³/mol. The maximum atomic E-state index is 11.9. The second kappa shape index (κ2) is 8.01. The van der Waals surface area contributed by atoms with Crippen LogP contribution in [0.3, 0.4) is 0 Å². The number of aromatic nitrogens is 4. The van der Waals surface area contributed by atoms with Crippen molar-refractivity contribution in [2.75, 3.05) is 27.0 Å². The van der Waals surface area contributed by atoms with E-state index in [0.717, 1.165) is 17.0 Å². The maximum absolute atomic E-state index is 11.9. The summed E-state index contributed by atoms with van der Waals surface area (Å²) in [5.74, 6) is 1.77. The summed E-state index contributed by atoms with van der Waals surface area (Å²) in [5.41, 5.74) is 1.79. The van der Waals surface area contributed by atoms with Crippen LogP contribution in [-0.2, 0) is 4.79 Å². The molecule has 0 aliphatic heterocycles. The normalized spacial score (nSPS) is 10.6. The molecule has 8 heteroatoms. The number of benzene rings is 1. The lowest BCUT2D eigenvalue weighted by molar-refractivity contribution is -0.125. The van der Waals surface area contributed by atoms with Gasteiger partial charge >= 0.3 is 0 Å². The van der Waals surface area contributed by atoms with Crippen LogP contribution in [0.25, 0.3) is 17.1 Å². The van der Waals surface area contributed by atoms with E-state index in [1.807, 2.05) is 41.0 Å². The van der Waals surface area contributed by atoms with E-state index in [-0.39, 0.29) is 11.7 Å². The second-order valence-corrected chi connectivity index (χ2v) is 6.59. The molecule has 0 radical (unpaired) electrons. The van der Waals surface area contributed by atoms with E-state index >= 15 is 0 Å². The van der Waals surface area contributed by atoms with Crippen molar-refractivity contribution in [3.8, 4) is 22.8 Å². The summed E-state index contributed by atoms with van der Waals surface area (Å²) >= 11 is 1.36. The third-order valence-corrected chi connectivity index (χ3v) is 4.64. The Morgan fingerprint density at radius 1 is 1.12 bits per heavy atom. The molecule has 7 nitrogen and oxygen atoms in total. The first-order valence-corrected chi connectivity index (χ1v) is 8.92. The van der Waals surface area contributed by atoms with Crippen LogP contribution in [0, 0.1) is 0 Å². The molecule has 26 heavy (non-hydrogen) atoms. The SMILES string of the molecule is COc1ccc(-n2c(SCC(=O)N(C)C)nnc2-c2ccncc2)cc1. The molecule has 0 atom stereocenters. The summed E-state index contributed by atoms with van der Waals surface area (Å²) in [4.78, 5) is 17.6. The van der Waals surface area contributed by atoms with Crippen LogP contribution >= 0.6 is 11.8 Å². The van der Waals surface area contributed by atoms with Crippen molar-refractivity contribution in [2.45, 2.75) is 5.16 Å². The monoisotopic (exact) mass is 369 g/mol. The topological polar surface area (TPSA) is 73.1 Å². The number of pyridine rings is 1. The summed E-state index contributed by atoms with van der Waals surface area (Å²) in [6, 6.07) is 11.4. The van der Waals surface area contributed by atoms with Crippen LogP contribution in [0.2, 0.25) is 0 Å². The molecule has 1 aromatic carbocycles. The van der Waals surface area contributed by atoms with Gasteiger partial charge in [-0.3, -0.25) is 14.3 Å². The van der Waals surface area contributed by atoms with Crippen LogP contribution in [0.4, 0.5) is 0 Å². The van der Waals surface area contributed by atoms with Gasteiger partial charge in [0, 0.05) is 37.7 Å². The highest BCUT2D eigenvalue weighted by molar-refractivity contribution is 7.99. The van der Waals surface area contributed by atoms with E-state index in [1.54, 1.807) is 38.5 Å². The van der Waals surface area contributed by atoms with Gasteiger partial charge < -0.3 is 9.64 Å². The molecule has 0 bridgehead atoms. The third-order valence-electron chi connectivity index (χ3n) is 3.73. The van der Waals surface area contributed by atoms with Crippen molar-refractivity contribution in [1.29, 1.82) is 0 Å². The number of nitrogens with zero attached hydrogens (tertiary/aromatic N) is 5. The molecule has 0 aliphatic rings. The number of hydrogen-bond donors (Lipinski definition) is 0.